The molecule has 1 aromatic heterocycles. The van der Waals surface area contributed by atoms with E-state index in [-0.39, 0.29) is 0 Å². The fourth-order valence-corrected chi connectivity index (χ4v) is 3.75. The largest absolute Gasteiger partial charge is 0.376 e. The molecule has 112 valence electrons. The molecule has 0 radical (unpaired) electrons. The van der Waals surface area contributed by atoms with Gasteiger partial charge in [0.15, 0.2) is 5.82 Å². The van der Waals surface area contributed by atoms with Crippen molar-refractivity contribution >= 4 is 17.4 Å². The molecule has 21 heavy (non-hydrogen) atoms. The highest BCUT2D eigenvalue weighted by atomic mass is 32.2. The van der Waals surface area contributed by atoms with E-state index in [9.17, 15) is 0 Å². The third kappa shape index (κ3) is 4.49. The van der Waals surface area contributed by atoms with Crippen molar-refractivity contribution in [3.63, 3.8) is 0 Å². The number of rotatable bonds is 6. The zero-order valence-corrected chi connectivity index (χ0v) is 12.9. The molecule has 0 saturated heterocycles. The van der Waals surface area contributed by atoms with Crippen LogP contribution in [0, 0.1) is 0 Å². The van der Waals surface area contributed by atoms with Crippen molar-refractivity contribution in [2.75, 3.05) is 5.32 Å². The first-order valence-corrected chi connectivity index (χ1v) is 8.67. The molecular weight excluding hydrogens is 282 g/mol. The van der Waals surface area contributed by atoms with Gasteiger partial charge in [-0.25, -0.2) is 0 Å². The first-order valence-electron chi connectivity index (χ1n) is 7.62. The Morgan fingerprint density at radius 2 is 1.95 bits per heavy atom. The lowest BCUT2D eigenvalue weighted by molar-refractivity contribution is 0.379. The van der Waals surface area contributed by atoms with Gasteiger partial charge >= 0.3 is 0 Å². The van der Waals surface area contributed by atoms with Crippen molar-refractivity contribution in [1.29, 1.82) is 0 Å². The van der Waals surface area contributed by atoms with Crippen LogP contribution in [-0.4, -0.2) is 15.4 Å². The Morgan fingerprint density at radius 1 is 1.14 bits per heavy atom. The molecule has 0 aliphatic heterocycles. The van der Waals surface area contributed by atoms with E-state index >= 15 is 0 Å². The highest BCUT2D eigenvalue weighted by Crippen LogP contribution is 2.29. The topological polar surface area (TPSA) is 51.0 Å². The summed E-state index contributed by atoms with van der Waals surface area (Å²) < 4.78 is 5.29. The molecule has 5 heteroatoms. The molecule has 4 nitrogen and oxygen atoms in total. The zero-order chi connectivity index (χ0) is 14.3. The molecule has 0 amide bonds. The van der Waals surface area contributed by atoms with Gasteiger partial charge in [0.05, 0.1) is 12.3 Å². The first kappa shape index (κ1) is 14.4. The van der Waals surface area contributed by atoms with Crippen LogP contribution in [-0.2, 0) is 12.3 Å². The Labute approximate surface area is 129 Å². The van der Waals surface area contributed by atoms with Crippen molar-refractivity contribution < 1.29 is 4.52 Å². The summed E-state index contributed by atoms with van der Waals surface area (Å²) in [5.41, 5.74) is 1.06. The van der Waals surface area contributed by atoms with Gasteiger partial charge in [-0.15, -0.1) is 0 Å². The Hall–Kier alpha value is -1.49. The molecule has 1 aliphatic carbocycles. The first-order chi connectivity index (χ1) is 10.4. The summed E-state index contributed by atoms with van der Waals surface area (Å²) in [6.07, 6.45) is 6.82. The van der Waals surface area contributed by atoms with Gasteiger partial charge in [-0.05, 0) is 25.0 Å². The fraction of sp³-hybridized carbons (Fsp3) is 0.500. The predicted molar refractivity (Wildman–Crippen MR) is 86.2 cm³/mol. The second kappa shape index (κ2) is 7.50. The minimum absolute atomic E-state index is 0.575. The van der Waals surface area contributed by atoms with Crippen molar-refractivity contribution in [3.8, 4) is 0 Å². The number of nitrogens with zero attached hydrogens (tertiary/aromatic N) is 2. The lowest BCUT2D eigenvalue weighted by atomic mass is 10.0. The van der Waals surface area contributed by atoms with Gasteiger partial charge < -0.3 is 9.84 Å². The summed E-state index contributed by atoms with van der Waals surface area (Å²) in [6.45, 7) is 0.575. The van der Waals surface area contributed by atoms with E-state index in [1.165, 1.54) is 32.1 Å². The van der Waals surface area contributed by atoms with E-state index in [2.05, 4.69) is 15.5 Å². The van der Waals surface area contributed by atoms with Gasteiger partial charge in [0, 0.05) is 10.9 Å². The molecule has 0 atom stereocenters. The van der Waals surface area contributed by atoms with Crippen molar-refractivity contribution in [2.45, 2.75) is 49.7 Å². The van der Waals surface area contributed by atoms with Gasteiger partial charge in [-0.3, -0.25) is 0 Å². The Kier molecular flexibility index (Phi) is 5.16. The number of nitrogens with one attached hydrogen (secondary N) is 1. The van der Waals surface area contributed by atoms with Crippen LogP contribution >= 0.6 is 11.8 Å². The summed E-state index contributed by atoms with van der Waals surface area (Å²) in [5, 5.41) is 8.12. The highest BCUT2D eigenvalue weighted by molar-refractivity contribution is 7.99. The van der Waals surface area contributed by atoms with Gasteiger partial charge in [0.2, 0.25) is 5.89 Å². The van der Waals surface area contributed by atoms with E-state index in [1.807, 2.05) is 42.1 Å². The smallest absolute Gasteiger partial charge is 0.245 e. The maximum Gasteiger partial charge on any atom is 0.245 e. The van der Waals surface area contributed by atoms with E-state index < -0.39 is 0 Å². The third-order valence-corrected chi connectivity index (χ3v) is 5.10. The summed E-state index contributed by atoms with van der Waals surface area (Å²) >= 11 is 1.97. The lowest BCUT2D eigenvalue weighted by Gasteiger charge is -2.19. The maximum atomic E-state index is 5.29. The van der Waals surface area contributed by atoms with E-state index in [4.69, 9.17) is 4.52 Å². The number of hydrogen-bond donors (Lipinski definition) is 1. The summed E-state index contributed by atoms with van der Waals surface area (Å²) in [4.78, 5) is 4.45. The molecule has 0 unspecified atom stereocenters. The average molecular weight is 303 g/mol. The maximum absolute atomic E-state index is 5.29. The molecule has 1 aliphatic rings. The molecule has 1 N–H and O–H groups in total. The van der Waals surface area contributed by atoms with E-state index in [1.54, 1.807) is 0 Å². The fourth-order valence-electron chi connectivity index (χ4n) is 2.58. The normalized spacial score (nSPS) is 16.0. The van der Waals surface area contributed by atoms with Crippen LogP contribution in [0.2, 0.25) is 0 Å². The SMILES string of the molecule is c1ccc(NCc2nc(CSC3CCCCC3)no2)cc1. The lowest BCUT2D eigenvalue weighted by Crippen LogP contribution is -2.08. The quantitative estimate of drug-likeness (QED) is 0.864. The summed E-state index contributed by atoms with van der Waals surface area (Å²) in [6, 6.07) is 10.1. The van der Waals surface area contributed by atoms with Crippen LogP contribution in [0.15, 0.2) is 34.9 Å². The van der Waals surface area contributed by atoms with Crippen LogP contribution in [0.4, 0.5) is 5.69 Å². The van der Waals surface area contributed by atoms with E-state index in [0.29, 0.717) is 12.4 Å². The summed E-state index contributed by atoms with van der Waals surface area (Å²) in [5.74, 6) is 2.33. The van der Waals surface area contributed by atoms with Gasteiger partial charge in [0.1, 0.15) is 0 Å². The van der Waals surface area contributed by atoms with Crippen LogP contribution in [0.25, 0.3) is 0 Å². The molecule has 3 rings (SSSR count). The van der Waals surface area contributed by atoms with Crippen molar-refractivity contribution in [1.82, 2.24) is 10.1 Å². The molecular formula is C16H21N3OS. The molecule has 1 saturated carbocycles. The molecule has 0 bridgehead atoms. The second-order valence-corrected chi connectivity index (χ2v) is 6.68. The Bertz CT molecular complexity index is 537. The molecule has 1 aromatic carbocycles. The van der Waals surface area contributed by atoms with Crippen LogP contribution in [0.5, 0.6) is 0 Å². The number of aromatic nitrogens is 2. The average Bonchev–Trinajstić information content (AvgIpc) is 3.01. The monoisotopic (exact) mass is 303 g/mol. The van der Waals surface area contributed by atoms with Gasteiger partial charge in [-0.2, -0.15) is 16.7 Å². The molecule has 1 heterocycles. The van der Waals surface area contributed by atoms with Crippen molar-refractivity contribution in [3.05, 3.63) is 42.0 Å². The predicted octanol–water partition coefficient (Wildman–Crippen LogP) is 4.25. The number of hydrogen-bond acceptors (Lipinski definition) is 5. The second-order valence-electron chi connectivity index (χ2n) is 5.39. The van der Waals surface area contributed by atoms with Crippen LogP contribution < -0.4 is 5.32 Å². The minimum Gasteiger partial charge on any atom is -0.376 e. The third-order valence-electron chi connectivity index (χ3n) is 3.73. The number of thioether (sulfide) groups is 1. The molecule has 0 spiro atoms. The van der Waals surface area contributed by atoms with Crippen molar-refractivity contribution in [2.24, 2.45) is 0 Å². The Morgan fingerprint density at radius 3 is 2.76 bits per heavy atom. The van der Waals surface area contributed by atoms with Gasteiger partial charge in [-0.1, -0.05) is 42.6 Å². The minimum atomic E-state index is 0.575. The molecule has 1 fully saturated rings. The highest BCUT2D eigenvalue weighted by Gasteiger charge is 2.15. The molecule has 2 aromatic rings. The summed E-state index contributed by atoms with van der Waals surface area (Å²) in [7, 11) is 0. The Balaban J connectivity index is 1.45. The standard InChI is InChI=1S/C16H21N3OS/c1-3-7-13(8-4-1)17-11-16-18-15(19-20-16)12-21-14-9-5-2-6-10-14/h1,3-4,7-8,14,17H,2,5-6,9-12H2. The van der Waals surface area contributed by atoms with Gasteiger partial charge in [0.25, 0.3) is 0 Å². The number of anilines is 1. The van der Waals surface area contributed by atoms with Crippen LogP contribution in [0.1, 0.15) is 43.8 Å². The van der Waals surface area contributed by atoms with E-state index in [0.717, 1.165) is 22.5 Å². The number of benzene rings is 1. The number of para-hydroxylation sites is 1. The van der Waals surface area contributed by atoms with Crippen LogP contribution in [0.3, 0.4) is 0 Å². The zero-order valence-electron chi connectivity index (χ0n) is 12.1.